The van der Waals surface area contributed by atoms with E-state index in [0.29, 0.717) is 0 Å². The van der Waals surface area contributed by atoms with Gasteiger partial charge in [-0.15, -0.1) is 35.3 Å². The van der Waals surface area contributed by atoms with Gasteiger partial charge in [-0.3, -0.25) is 0 Å². The van der Waals surface area contributed by atoms with Crippen molar-refractivity contribution in [1.82, 2.24) is 10.6 Å². The third-order valence-corrected chi connectivity index (χ3v) is 5.89. The van der Waals surface area contributed by atoms with Crippen molar-refractivity contribution in [3.63, 3.8) is 0 Å². The lowest BCUT2D eigenvalue weighted by Crippen LogP contribution is -2.40. The minimum absolute atomic E-state index is 0. The first-order chi connectivity index (χ1) is 9.28. The smallest absolute Gasteiger partial charge is 0.191 e. The number of guanidine groups is 1. The fourth-order valence-corrected chi connectivity index (χ4v) is 4.56. The molecule has 0 aliphatic carbocycles. The predicted octanol–water partition coefficient (Wildman–Crippen LogP) is 4.08. The molecule has 0 aromatic carbocycles. The van der Waals surface area contributed by atoms with Crippen molar-refractivity contribution in [3.8, 4) is 0 Å². The zero-order valence-corrected chi connectivity index (χ0v) is 17.1. The van der Waals surface area contributed by atoms with Crippen molar-refractivity contribution >= 4 is 69.0 Å². The Balaban J connectivity index is 0.00000200. The van der Waals surface area contributed by atoms with Gasteiger partial charge in [0.15, 0.2) is 5.96 Å². The van der Waals surface area contributed by atoms with Crippen LogP contribution < -0.4 is 10.6 Å². The van der Waals surface area contributed by atoms with Crippen LogP contribution in [0.3, 0.4) is 0 Å². The van der Waals surface area contributed by atoms with Crippen molar-refractivity contribution in [2.24, 2.45) is 4.99 Å². The summed E-state index contributed by atoms with van der Waals surface area (Å²) in [5.74, 6) is 2.24. The molecule has 3 nitrogen and oxygen atoms in total. The van der Waals surface area contributed by atoms with E-state index in [0.717, 1.165) is 34.6 Å². The molecule has 0 bridgehead atoms. The highest BCUT2D eigenvalue weighted by Gasteiger charge is 2.15. The highest BCUT2D eigenvalue weighted by Crippen LogP contribution is 2.25. The monoisotopic (exact) mass is 489 g/mol. The van der Waals surface area contributed by atoms with Gasteiger partial charge in [0.25, 0.3) is 0 Å². The summed E-state index contributed by atoms with van der Waals surface area (Å²) < 4.78 is 1.16. The van der Waals surface area contributed by atoms with E-state index in [4.69, 9.17) is 0 Å². The van der Waals surface area contributed by atoms with E-state index in [1.807, 2.05) is 0 Å². The summed E-state index contributed by atoms with van der Waals surface area (Å²) >= 11 is 7.29. The van der Waals surface area contributed by atoms with Gasteiger partial charge in [0.2, 0.25) is 0 Å². The third-order valence-electron chi connectivity index (χ3n) is 2.89. The van der Waals surface area contributed by atoms with E-state index in [2.05, 4.69) is 62.4 Å². The van der Waals surface area contributed by atoms with Crippen LogP contribution in [0.5, 0.6) is 0 Å². The summed E-state index contributed by atoms with van der Waals surface area (Å²) in [5.41, 5.74) is 0. The van der Waals surface area contributed by atoms with E-state index < -0.39 is 0 Å². The molecule has 20 heavy (non-hydrogen) atoms. The maximum Gasteiger partial charge on any atom is 0.191 e. The lowest BCUT2D eigenvalue weighted by atomic mass is 10.2. The van der Waals surface area contributed by atoms with E-state index in [9.17, 15) is 0 Å². The molecule has 2 N–H and O–H groups in total. The minimum Gasteiger partial charge on any atom is -0.357 e. The molecule has 1 fully saturated rings. The molecular formula is C13H21BrIN3S2. The van der Waals surface area contributed by atoms with Gasteiger partial charge in [-0.1, -0.05) is 0 Å². The fourth-order valence-electron chi connectivity index (χ4n) is 1.95. The predicted molar refractivity (Wildman–Crippen MR) is 106 cm³/mol. The largest absolute Gasteiger partial charge is 0.357 e. The lowest BCUT2D eigenvalue weighted by molar-refractivity contribution is 0.727. The zero-order chi connectivity index (χ0) is 13.5. The molecule has 1 aromatic rings. The van der Waals surface area contributed by atoms with Crippen LogP contribution in [0.4, 0.5) is 0 Å². The maximum atomic E-state index is 4.63. The standard InChI is InChI=1S/C13H20BrN3S2.HI/c1-2-15-13(16-8-10-4-3-7-18-10)17-9-11-5-6-12(14)19-11;/h5-6,10H,2-4,7-9H2,1H3,(H2,15,16,17);1H. The first-order valence-electron chi connectivity index (χ1n) is 6.66. The number of hydrogen-bond acceptors (Lipinski definition) is 3. The van der Waals surface area contributed by atoms with Crippen LogP contribution in [-0.2, 0) is 6.54 Å². The van der Waals surface area contributed by atoms with Crippen molar-refractivity contribution < 1.29 is 0 Å². The van der Waals surface area contributed by atoms with Crippen LogP contribution in [0, 0.1) is 0 Å². The normalized spacial score (nSPS) is 18.7. The minimum atomic E-state index is 0. The third kappa shape index (κ3) is 6.53. The molecule has 0 spiro atoms. The Bertz CT molecular complexity index is 420. The van der Waals surface area contributed by atoms with Crippen LogP contribution in [0.15, 0.2) is 20.9 Å². The average Bonchev–Trinajstić information content (AvgIpc) is 3.04. The van der Waals surface area contributed by atoms with Crippen molar-refractivity contribution in [1.29, 1.82) is 0 Å². The molecule has 1 aliphatic heterocycles. The number of thioether (sulfide) groups is 1. The van der Waals surface area contributed by atoms with Crippen LogP contribution in [-0.4, -0.2) is 30.1 Å². The summed E-state index contributed by atoms with van der Waals surface area (Å²) in [6.45, 7) is 4.76. The maximum absolute atomic E-state index is 4.63. The number of halogens is 2. The Morgan fingerprint density at radius 2 is 2.30 bits per heavy atom. The zero-order valence-electron chi connectivity index (χ0n) is 11.5. The molecule has 1 aromatic heterocycles. The van der Waals surface area contributed by atoms with Gasteiger partial charge in [0, 0.05) is 23.2 Å². The second-order valence-electron chi connectivity index (χ2n) is 4.42. The van der Waals surface area contributed by atoms with Gasteiger partial charge < -0.3 is 10.6 Å². The van der Waals surface area contributed by atoms with Gasteiger partial charge in [-0.25, -0.2) is 4.99 Å². The summed E-state index contributed by atoms with van der Waals surface area (Å²) in [5, 5.41) is 7.51. The molecule has 0 radical (unpaired) electrons. The molecule has 1 aliphatic rings. The number of hydrogen-bond donors (Lipinski definition) is 2. The molecule has 114 valence electrons. The van der Waals surface area contributed by atoms with Crippen LogP contribution in [0.2, 0.25) is 0 Å². The first kappa shape index (κ1) is 18.6. The molecule has 1 unspecified atom stereocenters. The van der Waals surface area contributed by atoms with Gasteiger partial charge >= 0.3 is 0 Å². The molecule has 1 atom stereocenters. The SMILES string of the molecule is CCNC(=NCc1ccc(Br)s1)NCC1CCCS1.I. The Morgan fingerprint density at radius 3 is 2.90 bits per heavy atom. The molecule has 2 rings (SSSR count). The van der Waals surface area contributed by atoms with E-state index in [1.54, 1.807) is 11.3 Å². The molecule has 0 saturated carbocycles. The van der Waals surface area contributed by atoms with Crippen molar-refractivity contribution in [3.05, 3.63) is 20.8 Å². The van der Waals surface area contributed by atoms with E-state index >= 15 is 0 Å². The van der Waals surface area contributed by atoms with Crippen LogP contribution >= 0.6 is 63.0 Å². The molecule has 0 amide bonds. The first-order valence-corrected chi connectivity index (χ1v) is 9.31. The van der Waals surface area contributed by atoms with Crippen molar-refractivity contribution in [2.75, 3.05) is 18.8 Å². The average molecular weight is 490 g/mol. The van der Waals surface area contributed by atoms with Crippen LogP contribution in [0.1, 0.15) is 24.6 Å². The number of thiophene rings is 1. The topological polar surface area (TPSA) is 36.4 Å². The van der Waals surface area contributed by atoms with Crippen LogP contribution in [0.25, 0.3) is 0 Å². The van der Waals surface area contributed by atoms with Gasteiger partial charge in [0.1, 0.15) is 0 Å². The second-order valence-corrected chi connectivity index (χ2v) is 8.37. The highest BCUT2D eigenvalue weighted by molar-refractivity contribution is 14.0. The number of aliphatic imine (C=N–C) groups is 1. The number of nitrogens with one attached hydrogen (secondary N) is 2. The Kier molecular flexibility index (Phi) is 9.56. The summed E-state index contributed by atoms with van der Waals surface area (Å²) in [6, 6.07) is 4.19. The number of nitrogens with zero attached hydrogens (tertiary/aromatic N) is 1. The quantitative estimate of drug-likeness (QED) is 0.371. The summed E-state index contributed by atoms with van der Waals surface area (Å²) in [7, 11) is 0. The number of rotatable bonds is 5. The van der Waals surface area contributed by atoms with Gasteiger partial charge in [0.05, 0.1) is 10.3 Å². The van der Waals surface area contributed by atoms with E-state index in [1.165, 1.54) is 23.5 Å². The lowest BCUT2D eigenvalue weighted by Gasteiger charge is -2.14. The Hall–Kier alpha value is 0.530. The fraction of sp³-hybridized carbons (Fsp3) is 0.615. The van der Waals surface area contributed by atoms with E-state index in [-0.39, 0.29) is 24.0 Å². The second kappa shape index (κ2) is 10.3. The Labute approximate surface area is 154 Å². The molecule has 2 heterocycles. The Morgan fingerprint density at radius 1 is 1.45 bits per heavy atom. The summed E-state index contributed by atoms with van der Waals surface area (Å²) in [6.07, 6.45) is 2.68. The molecule has 7 heteroatoms. The van der Waals surface area contributed by atoms with Crippen molar-refractivity contribution in [2.45, 2.75) is 31.6 Å². The van der Waals surface area contributed by atoms with Gasteiger partial charge in [-0.2, -0.15) is 11.8 Å². The van der Waals surface area contributed by atoms with Gasteiger partial charge in [-0.05, 0) is 53.6 Å². The summed E-state index contributed by atoms with van der Waals surface area (Å²) in [4.78, 5) is 5.91. The molecular weight excluding hydrogens is 469 g/mol. The highest BCUT2D eigenvalue weighted by atomic mass is 127. The molecule has 1 saturated heterocycles.